The number of carbonyl (C=O) groups excluding carboxylic acids is 1. The van der Waals surface area contributed by atoms with Gasteiger partial charge in [0, 0.05) is 23.2 Å². The average molecular weight is 432 g/mol. The van der Waals surface area contributed by atoms with E-state index in [-0.39, 0.29) is 21.1 Å². The Hall–Kier alpha value is -1.49. The van der Waals surface area contributed by atoms with Crippen LogP contribution in [0.3, 0.4) is 0 Å². The molecule has 1 saturated heterocycles. The fourth-order valence-electron chi connectivity index (χ4n) is 2.49. The van der Waals surface area contributed by atoms with E-state index in [1.807, 2.05) is 24.3 Å². The predicted molar refractivity (Wildman–Crippen MR) is 95.5 cm³/mol. The first-order valence-corrected chi connectivity index (χ1v) is 10.1. The van der Waals surface area contributed by atoms with Gasteiger partial charge < -0.3 is 0 Å². The molecular formula is C14H14BrN3O4S2. The molecule has 10 heteroatoms. The summed E-state index contributed by atoms with van der Waals surface area (Å²) in [5.41, 5.74) is 0.947. The topological polar surface area (TPSA) is 90.8 Å². The first kappa shape index (κ1) is 17.3. The van der Waals surface area contributed by atoms with Gasteiger partial charge >= 0.3 is 16.1 Å². The number of aryl methyl sites for hydroxylation is 1. The van der Waals surface area contributed by atoms with Crippen LogP contribution >= 0.6 is 27.3 Å². The molecule has 1 aromatic carbocycles. The lowest BCUT2D eigenvalue weighted by Crippen LogP contribution is -2.49. The number of urea groups is 1. The van der Waals surface area contributed by atoms with Gasteiger partial charge in [0.25, 0.3) is 0 Å². The predicted octanol–water partition coefficient (Wildman–Crippen LogP) is 3.30. The van der Waals surface area contributed by atoms with Gasteiger partial charge in [-0.2, -0.15) is 8.42 Å². The third kappa shape index (κ3) is 3.32. The van der Waals surface area contributed by atoms with Gasteiger partial charge in [-0.05, 0) is 37.6 Å². The summed E-state index contributed by atoms with van der Waals surface area (Å²) in [5, 5.41) is 0.270. The van der Waals surface area contributed by atoms with Crippen molar-refractivity contribution in [3.8, 4) is 0 Å². The van der Waals surface area contributed by atoms with Crippen LogP contribution in [0.2, 0.25) is 0 Å². The molecule has 0 radical (unpaired) electrons. The van der Waals surface area contributed by atoms with Gasteiger partial charge in [0.15, 0.2) is 9.34 Å². The molecule has 1 aliphatic heterocycles. The Bertz CT molecular complexity index is 880. The number of aromatic nitrogens is 1. The van der Waals surface area contributed by atoms with E-state index in [2.05, 4.69) is 20.9 Å². The Kier molecular flexibility index (Phi) is 4.65. The van der Waals surface area contributed by atoms with Crippen LogP contribution in [0.4, 0.5) is 15.6 Å². The van der Waals surface area contributed by atoms with Crippen LogP contribution in [0.1, 0.15) is 12.1 Å². The normalized spacial score (nSPS) is 15.9. The lowest BCUT2D eigenvalue weighted by molar-refractivity contribution is 0.248. The molecule has 1 N–H and O–H groups in total. The Morgan fingerprint density at radius 3 is 2.42 bits per heavy atom. The maximum atomic E-state index is 12.8. The zero-order valence-corrected chi connectivity index (χ0v) is 15.9. The first-order valence-electron chi connectivity index (χ1n) is 7.07. The largest absolute Gasteiger partial charge is 0.330 e. The van der Waals surface area contributed by atoms with E-state index in [9.17, 15) is 17.8 Å². The number of benzene rings is 1. The molecule has 0 unspecified atom stereocenters. The Balaban J connectivity index is 1.92. The van der Waals surface area contributed by atoms with Crippen molar-refractivity contribution in [3.05, 3.63) is 34.4 Å². The van der Waals surface area contributed by atoms with Gasteiger partial charge in [-0.15, -0.1) is 0 Å². The molecular weight excluding hydrogens is 418 g/mol. The monoisotopic (exact) mass is 431 g/mol. The highest BCUT2D eigenvalue weighted by Gasteiger charge is 2.31. The molecule has 1 aromatic heterocycles. The van der Waals surface area contributed by atoms with Crippen molar-refractivity contribution in [2.75, 3.05) is 22.9 Å². The molecule has 128 valence electrons. The molecule has 0 atom stereocenters. The Morgan fingerprint density at radius 2 is 1.83 bits per heavy atom. The highest BCUT2D eigenvalue weighted by atomic mass is 79.9. The molecule has 1 fully saturated rings. The molecule has 0 aliphatic carbocycles. The van der Waals surface area contributed by atoms with E-state index >= 15 is 0 Å². The number of hydrogen-bond donors (Lipinski definition) is 1. The highest BCUT2D eigenvalue weighted by Crippen LogP contribution is 2.32. The first-order chi connectivity index (χ1) is 11.3. The van der Waals surface area contributed by atoms with Crippen LogP contribution in [0.25, 0.3) is 0 Å². The minimum absolute atomic E-state index is 0.186. The maximum absolute atomic E-state index is 12.8. The van der Waals surface area contributed by atoms with Crippen molar-refractivity contribution in [3.63, 3.8) is 0 Å². The molecule has 0 saturated carbocycles. The minimum Gasteiger partial charge on any atom is -0.294 e. The van der Waals surface area contributed by atoms with E-state index in [0.717, 1.165) is 27.9 Å². The second-order valence-electron chi connectivity index (χ2n) is 5.26. The van der Waals surface area contributed by atoms with Gasteiger partial charge in [-0.25, -0.2) is 9.78 Å². The number of carbonyl (C=O) groups is 1. The van der Waals surface area contributed by atoms with E-state index in [4.69, 9.17) is 0 Å². The van der Waals surface area contributed by atoms with Crippen molar-refractivity contribution >= 4 is 54.2 Å². The van der Waals surface area contributed by atoms with E-state index < -0.39 is 10.1 Å². The van der Waals surface area contributed by atoms with E-state index in [1.165, 1.54) is 11.8 Å². The Labute approximate surface area is 151 Å². The number of thiazole rings is 1. The molecule has 2 heterocycles. The lowest BCUT2D eigenvalue weighted by atomic mass is 10.2. The summed E-state index contributed by atoms with van der Waals surface area (Å²) < 4.78 is 32.6. The van der Waals surface area contributed by atoms with Crippen molar-refractivity contribution < 1.29 is 17.8 Å². The van der Waals surface area contributed by atoms with Gasteiger partial charge in [0.1, 0.15) is 0 Å². The van der Waals surface area contributed by atoms with Crippen LogP contribution in [0.5, 0.6) is 0 Å². The zero-order valence-electron chi connectivity index (χ0n) is 12.6. The number of anilines is 2. The van der Waals surface area contributed by atoms with Gasteiger partial charge in [0.05, 0.1) is 5.69 Å². The van der Waals surface area contributed by atoms with Crippen LogP contribution in [0, 0.1) is 6.92 Å². The second-order valence-corrected chi connectivity index (χ2v) is 8.77. The summed E-state index contributed by atoms with van der Waals surface area (Å²) in [6.45, 7) is 2.51. The molecule has 24 heavy (non-hydrogen) atoms. The summed E-state index contributed by atoms with van der Waals surface area (Å²) in [5.74, 6) is 0. The average Bonchev–Trinajstić information content (AvgIpc) is 2.90. The fourth-order valence-corrected chi connectivity index (χ4v) is 4.63. The van der Waals surface area contributed by atoms with Crippen LogP contribution in [-0.2, 0) is 10.1 Å². The summed E-state index contributed by atoms with van der Waals surface area (Å²) in [4.78, 5) is 20.0. The van der Waals surface area contributed by atoms with Crippen molar-refractivity contribution in [1.29, 1.82) is 0 Å². The summed E-state index contributed by atoms with van der Waals surface area (Å²) >= 11 is 4.16. The van der Waals surface area contributed by atoms with Crippen LogP contribution in [0.15, 0.2) is 32.9 Å². The van der Waals surface area contributed by atoms with Gasteiger partial charge in [0.2, 0.25) is 0 Å². The van der Waals surface area contributed by atoms with Crippen LogP contribution in [-0.4, -0.2) is 37.1 Å². The minimum atomic E-state index is -4.34. The second kappa shape index (κ2) is 6.43. The highest BCUT2D eigenvalue weighted by molar-refractivity contribution is 9.10. The standard InChI is InChI=1S/C14H14BrN3O4S2/c1-9-12(24(20,21)22)23-13(16-9)18-8-2-7-17(14(18)19)11-5-3-10(15)4-6-11/h3-6H,2,7-8H2,1H3,(H,20,21,22). The molecule has 7 nitrogen and oxygen atoms in total. The van der Waals surface area contributed by atoms with Crippen molar-refractivity contribution in [2.24, 2.45) is 0 Å². The number of halogens is 1. The summed E-state index contributed by atoms with van der Waals surface area (Å²) in [6, 6.07) is 7.11. The number of amides is 2. The smallest absolute Gasteiger partial charge is 0.294 e. The Morgan fingerprint density at radius 1 is 1.21 bits per heavy atom. The molecule has 0 spiro atoms. The molecule has 0 bridgehead atoms. The van der Waals surface area contributed by atoms with Crippen molar-refractivity contribution in [1.82, 2.24) is 4.98 Å². The number of nitrogens with zero attached hydrogens (tertiary/aromatic N) is 3. The van der Waals surface area contributed by atoms with Gasteiger partial charge in [-0.3, -0.25) is 14.4 Å². The summed E-state index contributed by atoms with van der Waals surface area (Å²) in [6.07, 6.45) is 0.724. The zero-order chi connectivity index (χ0) is 17.5. The van der Waals surface area contributed by atoms with Crippen molar-refractivity contribution in [2.45, 2.75) is 17.6 Å². The summed E-state index contributed by atoms with van der Waals surface area (Å²) in [7, 11) is -4.34. The number of hydrogen-bond acceptors (Lipinski definition) is 5. The van der Waals surface area contributed by atoms with Crippen LogP contribution < -0.4 is 9.80 Å². The fraction of sp³-hybridized carbons (Fsp3) is 0.286. The maximum Gasteiger partial charge on any atom is 0.330 e. The third-order valence-corrected chi connectivity index (χ3v) is 6.72. The molecule has 3 rings (SSSR count). The van der Waals surface area contributed by atoms with E-state index in [1.54, 1.807) is 4.90 Å². The molecule has 1 aliphatic rings. The SMILES string of the molecule is Cc1nc(N2CCCN(c3ccc(Br)cc3)C2=O)sc1S(=O)(=O)O. The van der Waals surface area contributed by atoms with E-state index in [0.29, 0.717) is 13.1 Å². The molecule has 2 amide bonds. The lowest BCUT2D eigenvalue weighted by Gasteiger charge is -2.34. The quantitative estimate of drug-likeness (QED) is 0.752. The molecule has 2 aromatic rings. The third-order valence-electron chi connectivity index (χ3n) is 3.57. The van der Waals surface area contributed by atoms with Gasteiger partial charge in [-0.1, -0.05) is 27.3 Å². The number of rotatable bonds is 3.